The van der Waals surface area contributed by atoms with Crippen molar-refractivity contribution in [1.82, 2.24) is 10.0 Å². The molecule has 0 unspecified atom stereocenters. The van der Waals surface area contributed by atoms with E-state index in [0.717, 1.165) is 25.7 Å². The van der Waals surface area contributed by atoms with Gasteiger partial charge in [-0.2, -0.15) is 0 Å². The fourth-order valence-electron chi connectivity index (χ4n) is 2.84. The maximum Gasteiger partial charge on any atom is 0.260 e. The highest BCUT2D eigenvalue weighted by Gasteiger charge is 2.21. The second kappa shape index (κ2) is 8.48. The van der Waals surface area contributed by atoms with Gasteiger partial charge in [-0.15, -0.1) is 0 Å². The lowest BCUT2D eigenvalue weighted by molar-refractivity contribution is -0.126. The van der Waals surface area contributed by atoms with Crippen molar-refractivity contribution in [3.05, 3.63) is 24.3 Å². The highest BCUT2D eigenvalue weighted by atomic mass is 32.2. The van der Waals surface area contributed by atoms with Gasteiger partial charge in [-0.1, -0.05) is 25.7 Å². The monoisotopic (exact) mass is 354 g/mol. The molecule has 1 aliphatic carbocycles. The van der Waals surface area contributed by atoms with Gasteiger partial charge in [0, 0.05) is 13.1 Å². The van der Waals surface area contributed by atoms with Gasteiger partial charge in [-0.05, 0) is 44.0 Å². The summed E-state index contributed by atoms with van der Waals surface area (Å²) in [5.41, 5.74) is 0. The molecule has 1 saturated carbocycles. The molecule has 1 fully saturated rings. The van der Waals surface area contributed by atoms with E-state index < -0.39 is 16.1 Å². The minimum atomic E-state index is -3.53. The number of benzene rings is 1. The van der Waals surface area contributed by atoms with Crippen LogP contribution in [0.2, 0.25) is 0 Å². The molecule has 134 valence electrons. The number of carbonyl (C=O) groups excluding carboxylic acids is 1. The zero-order valence-electron chi connectivity index (χ0n) is 14.2. The number of carbonyl (C=O) groups is 1. The number of nitrogens with one attached hydrogen (secondary N) is 2. The third-order valence-electron chi connectivity index (χ3n) is 4.24. The van der Waals surface area contributed by atoms with Crippen LogP contribution in [0.15, 0.2) is 29.2 Å². The molecular formula is C17H26N2O4S. The summed E-state index contributed by atoms with van der Waals surface area (Å²) in [6.07, 6.45) is 5.63. The zero-order chi connectivity index (χ0) is 17.6. The van der Waals surface area contributed by atoms with Gasteiger partial charge in [0.15, 0.2) is 6.10 Å². The molecule has 1 aliphatic rings. The highest BCUT2D eigenvalue weighted by molar-refractivity contribution is 7.89. The first kappa shape index (κ1) is 18.7. The van der Waals surface area contributed by atoms with Gasteiger partial charge in [0.25, 0.3) is 5.91 Å². The van der Waals surface area contributed by atoms with E-state index in [1.165, 1.54) is 32.0 Å². The standard InChI is InChI=1S/C17H26N2O4S/c1-13(17(20)18-2)23-15-9-11-16(12-10-15)24(21,22)19-14-7-5-3-4-6-8-14/h9-14,19H,3-8H2,1-2H3,(H,18,20)/t13-/m1/s1. The number of amides is 1. The predicted octanol–water partition coefficient (Wildman–Crippen LogP) is 2.20. The number of rotatable bonds is 6. The molecule has 0 saturated heterocycles. The number of hydrogen-bond acceptors (Lipinski definition) is 4. The van der Waals surface area contributed by atoms with Gasteiger partial charge in [-0.3, -0.25) is 4.79 Å². The fourth-order valence-corrected chi connectivity index (χ4v) is 4.15. The summed E-state index contributed by atoms with van der Waals surface area (Å²) in [6, 6.07) is 6.17. The van der Waals surface area contributed by atoms with Gasteiger partial charge in [-0.25, -0.2) is 13.1 Å². The molecule has 1 amide bonds. The number of sulfonamides is 1. The second-order valence-electron chi connectivity index (χ2n) is 6.16. The molecule has 1 atom stereocenters. The summed E-state index contributed by atoms with van der Waals surface area (Å²) in [5.74, 6) is 0.223. The highest BCUT2D eigenvalue weighted by Crippen LogP contribution is 2.21. The molecule has 1 aromatic rings. The van der Waals surface area contributed by atoms with Crippen LogP contribution in [0.4, 0.5) is 0 Å². The van der Waals surface area contributed by atoms with Crippen molar-refractivity contribution in [1.29, 1.82) is 0 Å². The molecule has 0 radical (unpaired) electrons. The molecule has 0 aliphatic heterocycles. The first-order valence-electron chi connectivity index (χ1n) is 8.43. The quantitative estimate of drug-likeness (QED) is 0.767. The topological polar surface area (TPSA) is 84.5 Å². The van der Waals surface area contributed by atoms with E-state index in [1.54, 1.807) is 19.1 Å². The predicted molar refractivity (Wildman–Crippen MR) is 92.4 cm³/mol. The molecule has 7 heteroatoms. The minimum Gasteiger partial charge on any atom is -0.481 e. The molecule has 0 heterocycles. The normalized spacial score (nSPS) is 17.8. The third kappa shape index (κ3) is 5.21. The van der Waals surface area contributed by atoms with Crippen LogP contribution in [-0.4, -0.2) is 33.5 Å². The Bertz CT molecular complexity index is 635. The minimum absolute atomic E-state index is 0.0155. The van der Waals surface area contributed by atoms with E-state index >= 15 is 0 Å². The molecule has 0 bridgehead atoms. The smallest absolute Gasteiger partial charge is 0.260 e. The Morgan fingerprint density at radius 2 is 1.71 bits per heavy atom. The van der Waals surface area contributed by atoms with E-state index in [4.69, 9.17) is 4.74 Å². The van der Waals surface area contributed by atoms with Crippen LogP contribution in [0.5, 0.6) is 5.75 Å². The van der Waals surface area contributed by atoms with Crippen LogP contribution in [0.25, 0.3) is 0 Å². The summed E-state index contributed by atoms with van der Waals surface area (Å²) in [6.45, 7) is 1.64. The maximum absolute atomic E-state index is 12.5. The molecule has 2 N–H and O–H groups in total. The number of ether oxygens (including phenoxy) is 1. The van der Waals surface area contributed by atoms with Crippen LogP contribution < -0.4 is 14.8 Å². The van der Waals surface area contributed by atoms with E-state index in [9.17, 15) is 13.2 Å². The largest absolute Gasteiger partial charge is 0.481 e. The van der Waals surface area contributed by atoms with Crippen molar-refractivity contribution >= 4 is 15.9 Å². The molecule has 2 rings (SSSR count). The summed E-state index contributed by atoms with van der Waals surface area (Å²) in [4.78, 5) is 11.7. The van der Waals surface area contributed by atoms with Crippen molar-refractivity contribution in [3.8, 4) is 5.75 Å². The Labute approximate surface area is 144 Å². The van der Waals surface area contributed by atoms with E-state index in [0.29, 0.717) is 5.75 Å². The van der Waals surface area contributed by atoms with Crippen LogP contribution in [-0.2, 0) is 14.8 Å². The zero-order valence-corrected chi connectivity index (χ0v) is 15.1. The fraction of sp³-hybridized carbons (Fsp3) is 0.588. The van der Waals surface area contributed by atoms with Crippen LogP contribution in [0.3, 0.4) is 0 Å². The van der Waals surface area contributed by atoms with Gasteiger partial charge < -0.3 is 10.1 Å². The summed E-state index contributed by atoms with van der Waals surface area (Å²) >= 11 is 0. The SMILES string of the molecule is CNC(=O)[C@@H](C)Oc1ccc(S(=O)(=O)NC2CCCCCC2)cc1. The first-order valence-corrected chi connectivity index (χ1v) is 9.91. The molecule has 0 spiro atoms. The molecule has 1 aromatic carbocycles. The lowest BCUT2D eigenvalue weighted by atomic mass is 10.1. The van der Waals surface area contributed by atoms with Gasteiger partial charge >= 0.3 is 0 Å². The molecule has 0 aromatic heterocycles. The van der Waals surface area contributed by atoms with Crippen molar-refractivity contribution in [2.75, 3.05) is 7.05 Å². The molecule has 6 nitrogen and oxygen atoms in total. The van der Waals surface area contributed by atoms with Crippen molar-refractivity contribution in [2.24, 2.45) is 0 Å². The molecule has 24 heavy (non-hydrogen) atoms. The van der Waals surface area contributed by atoms with Gasteiger partial charge in [0.05, 0.1) is 4.90 Å². The van der Waals surface area contributed by atoms with Crippen molar-refractivity contribution < 1.29 is 17.9 Å². The van der Waals surface area contributed by atoms with E-state index in [-0.39, 0.29) is 16.8 Å². The van der Waals surface area contributed by atoms with E-state index in [2.05, 4.69) is 10.0 Å². The van der Waals surface area contributed by atoms with Gasteiger partial charge in [0.2, 0.25) is 10.0 Å². The Hall–Kier alpha value is -1.60. The maximum atomic E-state index is 12.5. The summed E-state index contributed by atoms with van der Waals surface area (Å²) in [7, 11) is -1.99. The average molecular weight is 354 g/mol. The summed E-state index contributed by atoms with van der Waals surface area (Å²) < 4.78 is 33.2. The lowest BCUT2D eigenvalue weighted by Crippen LogP contribution is -2.34. The second-order valence-corrected chi connectivity index (χ2v) is 7.87. The van der Waals surface area contributed by atoms with Crippen LogP contribution in [0, 0.1) is 0 Å². The number of likely N-dealkylation sites (N-methyl/N-ethyl adjacent to an activating group) is 1. The van der Waals surface area contributed by atoms with Gasteiger partial charge in [0.1, 0.15) is 5.75 Å². The summed E-state index contributed by atoms with van der Waals surface area (Å²) in [5, 5.41) is 2.50. The third-order valence-corrected chi connectivity index (χ3v) is 5.78. The van der Waals surface area contributed by atoms with Crippen molar-refractivity contribution in [3.63, 3.8) is 0 Å². The Balaban J connectivity index is 2.01. The molecular weight excluding hydrogens is 328 g/mol. The van der Waals surface area contributed by atoms with Crippen molar-refractivity contribution in [2.45, 2.75) is 62.5 Å². The first-order chi connectivity index (χ1) is 11.4. The lowest BCUT2D eigenvalue weighted by Gasteiger charge is -2.17. The van der Waals surface area contributed by atoms with Crippen LogP contribution >= 0.6 is 0 Å². The number of hydrogen-bond donors (Lipinski definition) is 2. The Morgan fingerprint density at radius 3 is 2.25 bits per heavy atom. The average Bonchev–Trinajstić information content (AvgIpc) is 2.82. The Morgan fingerprint density at radius 1 is 1.12 bits per heavy atom. The van der Waals surface area contributed by atoms with Crippen LogP contribution in [0.1, 0.15) is 45.4 Å². The Kier molecular flexibility index (Phi) is 6.62. The van der Waals surface area contributed by atoms with E-state index in [1.807, 2.05) is 0 Å².